The Morgan fingerprint density at radius 1 is 1.37 bits per heavy atom. The zero-order chi connectivity index (χ0) is 13.8. The molecule has 0 aromatic heterocycles. The minimum absolute atomic E-state index is 0.0846. The van der Waals surface area contributed by atoms with Gasteiger partial charge < -0.3 is 20.3 Å². The summed E-state index contributed by atoms with van der Waals surface area (Å²) in [5.74, 6) is -2.32. The Hall–Kier alpha value is -2.24. The summed E-state index contributed by atoms with van der Waals surface area (Å²) in [7, 11) is 0. The Morgan fingerprint density at radius 3 is 2.84 bits per heavy atom. The second-order valence-electron chi connectivity index (χ2n) is 4.43. The van der Waals surface area contributed by atoms with Gasteiger partial charge in [0, 0.05) is 18.7 Å². The van der Waals surface area contributed by atoms with Crippen molar-refractivity contribution in [1.82, 2.24) is 0 Å². The van der Waals surface area contributed by atoms with Crippen LogP contribution < -0.4 is 10.1 Å². The van der Waals surface area contributed by atoms with Gasteiger partial charge >= 0.3 is 11.9 Å². The van der Waals surface area contributed by atoms with Crippen LogP contribution in [0.4, 0.5) is 5.69 Å². The van der Waals surface area contributed by atoms with Gasteiger partial charge in [-0.15, -0.1) is 0 Å². The fourth-order valence-electron chi connectivity index (χ4n) is 2.00. The summed E-state index contributed by atoms with van der Waals surface area (Å²) in [6, 6.07) is 5.53. The highest BCUT2D eigenvalue weighted by atomic mass is 16.5. The standard InChI is InChI=1S/C13H15NO5/c15-12(16)6-9(13(17)18)7-14-10-1-2-11-8(5-10)3-4-19-11/h1-2,5,9,14H,3-4,6-7H2,(H,15,16)(H,17,18). The van der Waals surface area contributed by atoms with Crippen LogP contribution in [-0.4, -0.2) is 35.3 Å². The van der Waals surface area contributed by atoms with Crippen LogP contribution in [0.25, 0.3) is 0 Å². The number of anilines is 1. The van der Waals surface area contributed by atoms with Gasteiger partial charge in [-0.05, 0) is 23.8 Å². The number of carboxylic acids is 2. The molecule has 2 rings (SSSR count). The van der Waals surface area contributed by atoms with Crippen LogP contribution in [0.5, 0.6) is 5.75 Å². The van der Waals surface area contributed by atoms with Crippen LogP contribution in [0.3, 0.4) is 0 Å². The molecule has 1 aromatic rings. The molecular weight excluding hydrogens is 250 g/mol. The largest absolute Gasteiger partial charge is 0.493 e. The van der Waals surface area contributed by atoms with Gasteiger partial charge in [-0.3, -0.25) is 9.59 Å². The normalized spacial score (nSPS) is 14.3. The lowest BCUT2D eigenvalue weighted by molar-refractivity contribution is -0.147. The van der Waals surface area contributed by atoms with Crippen molar-refractivity contribution >= 4 is 17.6 Å². The fraction of sp³-hybridized carbons (Fsp3) is 0.385. The van der Waals surface area contributed by atoms with Gasteiger partial charge in [0.2, 0.25) is 0 Å². The Kier molecular flexibility index (Phi) is 3.89. The Balaban J connectivity index is 1.97. The van der Waals surface area contributed by atoms with E-state index in [9.17, 15) is 9.59 Å². The molecule has 0 saturated heterocycles. The molecule has 1 unspecified atom stereocenters. The summed E-state index contributed by atoms with van der Waals surface area (Å²) in [5.41, 5.74) is 1.86. The van der Waals surface area contributed by atoms with Gasteiger partial charge in [0.25, 0.3) is 0 Å². The van der Waals surface area contributed by atoms with E-state index in [1.807, 2.05) is 12.1 Å². The molecule has 6 nitrogen and oxygen atoms in total. The first-order valence-corrected chi connectivity index (χ1v) is 6.00. The van der Waals surface area contributed by atoms with E-state index in [0.717, 1.165) is 23.4 Å². The van der Waals surface area contributed by atoms with E-state index in [1.54, 1.807) is 6.07 Å². The number of carboxylic acid groups (broad SMARTS) is 2. The molecule has 0 fully saturated rings. The van der Waals surface area contributed by atoms with Crippen molar-refractivity contribution in [3.8, 4) is 5.75 Å². The van der Waals surface area contributed by atoms with Gasteiger partial charge in [-0.2, -0.15) is 0 Å². The fourth-order valence-corrected chi connectivity index (χ4v) is 2.00. The molecule has 0 radical (unpaired) electrons. The average molecular weight is 265 g/mol. The Bertz CT molecular complexity index is 500. The zero-order valence-corrected chi connectivity index (χ0v) is 10.3. The third-order valence-corrected chi connectivity index (χ3v) is 3.01. The van der Waals surface area contributed by atoms with E-state index >= 15 is 0 Å². The van der Waals surface area contributed by atoms with E-state index in [-0.39, 0.29) is 6.54 Å². The van der Waals surface area contributed by atoms with Gasteiger partial charge in [0.15, 0.2) is 0 Å². The average Bonchev–Trinajstić information content (AvgIpc) is 2.80. The number of aliphatic carboxylic acids is 2. The van der Waals surface area contributed by atoms with E-state index < -0.39 is 24.3 Å². The number of rotatable bonds is 6. The first kappa shape index (κ1) is 13.2. The molecule has 0 aliphatic carbocycles. The molecule has 1 aromatic carbocycles. The van der Waals surface area contributed by atoms with Gasteiger partial charge in [0.05, 0.1) is 18.9 Å². The summed E-state index contributed by atoms with van der Waals surface area (Å²) < 4.78 is 5.37. The molecule has 1 heterocycles. The number of ether oxygens (including phenoxy) is 1. The highest BCUT2D eigenvalue weighted by Gasteiger charge is 2.21. The van der Waals surface area contributed by atoms with Crippen LogP contribution in [0.15, 0.2) is 18.2 Å². The van der Waals surface area contributed by atoms with Crippen LogP contribution in [0.1, 0.15) is 12.0 Å². The van der Waals surface area contributed by atoms with Crippen LogP contribution >= 0.6 is 0 Å². The van der Waals surface area contributed by atoms with Crippen molar-refractivity contribution in [2.24, 2.45) is 5.92 Å². The molecule has 0 saturated carbocycles. The maximum atomic E-state index is 10.9. The van der Waals surface area contributed by atoms with Crippen molar-refractivity contribution < 1.29 is 24.5 Å². The first-order valence-electron chi connectivity index (χ1n) is 6.00. The van der Waals surface area contributed by atoms with Gasteiger partial charge in [-0.1, -0.05) is 0 Å². The van der Waals surface area contributed by atoms with E-state index in [0.29, 0.717) is 6.61 Å². The monoisotopic (exact) mass is 265 g/mol. The molecule has 102 valence electrons. The Morgan fingerprint density at radius 2 is 2.16 bits per heavy atom. The van der Waals surface area contributed by atoms with Crippen LogP contribution in [0, 0.1) is 5.92 Å². The smallest absolute Gasteiger partial charge is 0.308 e. The number of hydrogen-bond acceptors (Lipinski definition) is 4. The summed E-state index contributed by atoms with van der Waals surface area (Å²) in [4.78, 5) is 21.5. The topological polar surface area (TPSA) is 95.9 Å². The van der Waals surface area contributed by atoms with E-state index in [4.69, 9.17) is 14.9 Å². The summed E-state index contributed by atoms with van der Waals surface area (Å²) in [6.07, 6.45) is 0.443. The lowest BCUT2D eigenvalue weighted by Gasteiger charge is -2.12. The summed E-state index contributed by atoms with van der Waals surface area (Å²) in [6.45, 7) is 0.747. The maximum absolute atomic E-state index is 10.9. The predicted octanol–water partition coefficient (Wildman–Crippen LogP) is 1.21. The minimum Gasteiger partial charge on any atom is -0.493 e. The maximum Gasteiger partial charge on any atom is 0.308 e. The van der Waals surface area contributed by atoms with Gasteiger partial charge in [-0.25, -0.2) is 0 Å². The highest BCUT2D eigenvalue weighted by Crippen LogP contribution is 2.27. The predicted molar refractivity (Wildman–Crippen MR) is 67.5 cm³/mol. The third-order valence-electron chi connectivity index (χ3n) is 3.01. The summed E-state index contributed by atoms with van der Waals surface area (Å²) in [5, 5.41) is 20.5. The second-order valence-corrected chi connectivity index (χ2v) is 4.43. The summed E-state index contributed by atoms with van der Waals surface area (Å²) >= 11 is 0. The van der Waals surface area contributed by atoms with E-state index in [1.165, 1.54) is 0 Å². The van der Waals surface area contributed by atoms with E-state index in [2.05, 4.69) is 5.32 Å². The minimum atomic E-state index is -1.11. The lowest BCUT2D eigenvalue weighted by atomic mass is 10.1. The number of carbonyl (C=O) groups is 2. The zero-order valence-electron chi connectivity index (χ0n) is 10.3. The Labute approximate surface area is 110 Å². The molecule has 6 heteroatoms. The first-order chi connectivity index (χ1) is 9.06. The highest BCUT2D eigenvalue weighted by molar-refractivity contribution is 5.78. The molecular formula is C13H15NO5. The van der Waals surface area contributed by atoms with Crippen LogP contribution in [0.2, 0.25) is 0 Å². The van der Waals surface area contributed by atoms with Crippen molar-refractivity contribution in [3.63, 3.8) is 0 Å². The van der Waals surface area contributed by atoms with Gasteiger partial charge in [0.1, 0.15) is 5.75 Å². The molecule has 0 bridgehead atoms. The number of hydrogen-bond donors (Lipinski definition) is 3. The molecule has 1 atom stereocenters. The SMILES string of the molecule is O=C(O)CC(CNc1ccc2c(c1)CCO2)C(=O)O. The molecule has 19 heavy (non-hydrogen) atoms. The van der Waals surface area contributed by atoms with Crippen molar-refractivity contribution in [3.05, 3.63) is 23.8 Å². The molecule has 0 amide bonds. The molecule has 1 aliphatic rings. The quantitative estimate of drug-likeness (QED) is 0.715. The number of nitrogens with one attached hydrogen (secondary N) is 1. The number of benzene rings is 1. The van der Waals surface area contributed by atoms with Crippen molar-refractivity contribution in [1.29, 1.82) is 0 Å². The number of fused-ring (bicyclic) bond motifs is 1. The van der Waals surface area contributed by atoms with Crippen LogP contribution in [-0.2, 0) is 16.0 Å². The van der Waals surface area contributed by atoms with Crippen molar-refractivity contribution in [2.45, 2.75) is 12.8 Å². The lowest BCUT2D eigenvalue weighted by Crippen LogP contribution is -2.25. The molecule has 0 spiro atoms. The van der Waals surface area contributed by atoms with Crippen molar-refractivity contribution in [2.75, 3.05) is 18.5 Å². The second kappa shape index (κ2) is 5.60. The molecule has 1 aliphatic heterocycles. The third kappa shape index (κ3) is 3.37. The molecule has 3 N–H and O–H groups in total.